The molecule has 0 fully saturated rings. The van der Waals surface area contributed by atoms with E-state index >= 15 is 0 Å². The minimum absolute atomic E-state index is 0.0205. The maximum atomic E-state index is 12.3. The highest BCUT2D eigenvalue weighted by Gasteiger charge is 2.24. The van der Waals surface area contributed by atoms with Crippen molar-refractivity contribution in [1.82, 2.24) is 5.32 Å². The molecule has 0 aromatic heterocycles. The molecule has 160 valence electrons. The number of aromatic hydroxyl groups is 1. The number of nitrogens with one attached hydrogen (secondary N) is 1. The van der Waals surface area contributed by atoms with Crippen LogP contribution in [0.15, 0.2) is 48.5 Å². The molecular weight excluding hydrogens is 392 g/mol. The van der Waals surface area contributed by atoms with Crippen molar-refractivity contribution in [3.8, 4) is 11.5 Å². The lowest BCUT2D eigenvalue weighted by Gasteiger charge is -2.18. The van der Waals surface area contributed by atoms with E-state index in [0.717, 1.165) is 5.56 Å². The molecule has 0 heterocycles. The number of phenols is 1. The molecule has 0 bridgehead atoms. The minimum atomic E-state index is -1.20. The molecule has 0 spiro atoms. The Morgan fingerprint density at radius 3 is 2.13 bits per heavy atom. The van der Waals surface area contributed by atoms with Crippen molar-refractivity contribution in [3.63, 3.8) is 0 Å². The largest absolute Gasteiger partial charge is 0.513 e. The number of ether oxygens (including phenoxy) is 2. The number of phenolic OH excluding ortho intramolecular Hbond substituents is 1. The lowest BCUT2D eigenvalue weighted by Crippen LogP contribution is -2.50. The average molecular weight is 416 g/mol. The van der Waals surface area contributed by atoms with E-state index in [2.05, 4.69) is 10.1 Å². The second kappa shape index (κ2) is 10.8. The Bertz CT molecular complexity index is 866. The summed E-state index contributed by atoms with van der Waals surface area (Å²) in [4.78, 5) is 35.2. The topological polar surface area (TPSA) is 148 Å². The molecule has 2 aromatic carbocycles. The SMILES string of the molecule is CCOC(=O)Oc1ccc(CC(NC(=O)C(N)Cc2ccc(O)cc2)C(=O)O)cc1. The molecule has 0 aliphatic rings. The van der Waals surface area contributed by atoms with Gasteiger partial charge in [0.25, 0.3) is 0 Å². The number of carboxylic acids is 1. The van der Waals surface area contributed by atoms with Crippen LogP contribution in [0.1, 0.15) is 18.1 Å². The van der Waals surface area contributed by atoms with Crippen molar-refractivity contribution in [2.24, 2.45) is 5.73 Å². The number of carboxylic acid groups (broad SMARTS) is 1. The first kappa shape index (κ1) is 22.7. The van der Waals surface area contributed by atoms with Gasteiger partial charge in [-0.1, -0.05) is 24.3 Å². The fraction of sp³-hybridized carbons (Fsp3) is 0.286. The normalized spacial score (nSPS) is 12.5. The molecule has 2 rings (SSSR count). The van der Waals surface area contributed by atoms with E-state index in [9.17, 15) is 24.6 Å². The Morgan fingerprint density at radius 2 is 1.57 bits per heavy atom. The minimum Gasteiger partial charge on any atom is -0.508 e. The zero-order chi connectivity index (χ0) is 22.1. The molecule has 9 heteroatoms. The van der Waals surface area contributed by atoms with E-state index < -0.39 is 30.1 Å². The van der Waals surface area contributed by atoms with Crippen molar-refractivity contribution in [2.45, 2.75) is 31.8 Å². The van der Waals surface area contributed by atoms with Crippen molar-refractivity contribution in [1.29, 1.82) is 0 Å². The molecule has 5 N–H and O–H groups in total. The van der Waals surface area contributed by atoms with E-state index in [1.807, 2.05) is 0 Å². The maximum Gasteiger partial charge on any atom is 0.513 e. The smallest absolute Gasteiger partial charge is 0.508 e. The van der Waals surface area contributed by atoms with Gasteiger partial charge in [0.2, 0.25) is 5.91 Å². The summed E-state index contributed by atoms with van der Waals surface area (Å²) in [5.41, 5.74) is 7.24. The van der Waals surface area contributed by atoms with Crippen molar-refractivity contribution in [2.75, 3.05) is 6.61 Å². The molecule has 0 aliphatic carbocycles. The predicted molar refractivity (Wildman–Crippen MR) is 107 cm³/mol. The summed E-state index contributed by atoms with van der Waals surface area (Å²) in [7, 11) is 0. The van der Waals surface area contributed by atoms with Crippen LogP contribution in [0.4, 0.5) is 4.79 Å². The number of carbonyl (C=O) groups is 3. The van der Waals surface area contributed by atoms with Gasteiger partial charge in [0.05, 0.1) is 12.6 Å². The zero-order valence-corrected chi connectivity index (χ0v) is 16.4. The van der Waals surface area contributed by atoms with Gasteiger partial charge in [0.15, 0.2) is 0 Å². The van der Waals surface area contributed by atoms with Gasteiger partial charge < -0.3 is 30.7 Å². The first-order valence-corrected chi connectivity index (χ1v) is 9.28. The molecule has 9 nitrogen and oxygen atoms in total. The molecule has 0 radical (unpaired) electrons. The number of nitrogens with two attached hydrogens (primary N) is 1. The third-order valence-electron chi connectivity index (χ3n) is 4.17. The maximum absolute atomic E-state index is 12.3. The molecule has 30 heavy (non-hydrogen) atoms. The fourth-order valence-electron chi connectivity index (χ4n) is 2.63. The van der Waals surface area contributed by atoms with Gasteiger partial charge in [-0.05, 0) is 48.7 Å². The molecule has 0 saturated heterocycles. The number of aliphatic carboxylic acids is 1. The quantitative estimate of drug-likeness (QED) is 0.356. The molecular formula is C21H24N2O7. The average Bonchev–Trinajstić information content (AvgIpc) is 2.70. The van der Waals surface area contributed by atoms with Crippen molar-refractivity contribution < 1.29 is 34.1 Å². The van der Waals surface area contributed by atoms with Crippen molar-refractivity contribution in [3.05, 3.63) is 59.7 Å². The third kappa shape index (κ3) is 7.10. The van der Waals surface area contributed by atoms with Gasteiger partial charge in [-0.3, -0.25) is 4.79 Å². The number of benzene rings is 2. The summed E-state index contributed by atoms with van der Waals surface area (Å²) in [6.45, 7) is 1.84. The Balaban J connectivity index is 1.95. The summed E-state index contributed by atoms with van der Waals surface area (Å²) in [6, 6.07) is 10.3. The highest BCUT2D eigenvalue weighted by atomic mass is 16.7. The lowest BCUT2D eigenvalue weighted by atomic mass is 10.0. The van der Waals surface area contributed by atoms with Crippen LogP contribution < -0.4 is 15.8 Å². The fourth-order valence-corrected chi connectivity index (χ4v) is 2.63. The molecule has 2 unspecified atom stereocenters. The van der Waals surface area contributed by atoms with Gasteiger partial charge >= 0.3 is 12.1 Å². The van der Waals surface area contributed by atoms with Crippen LogP contribution in [0.5, 0.6) is 11.5 Å². The van der Waals surface area contributed by atoms with Crippen molar-refractivity contribution >= 4 is 18.0 Å². The number of rotatable bonds is 9. The van der Waals surface area contributed by atoms with Crippen LogP contribution in [-0.2, 0) is 27.2 Å². The zero-order valence-electron chi connectivity index (χ0n) is 16.4. The van der Waals surface area contributed by atoms with Crippen LogP contribution >= 0.6 is 0 Å². The Hall–Kier alpha value is -3.59. The Kier molecular flexibility index (Phi) is 8.18. The number of hydrogen-bond acceptors (Lipinski definition) is 7. The van der Waals surface area contributed by atoms with Crippen LogP contribution in [0.2, 0.25) is 0 Å². The second-order valence-corrected chi connectivity index (χ2v) is 6.51. The third-order valence-corrected chi connectivity index (χ3v) is 4.17. The summed E-state index contributed by atoms with van der Waals surface area (Å²) in [6.07, 6.45) is -0.617. The molecule has 0 aliphatic heterocycles. The number of hydrogen-bond donors (Lipinski definition) is 4. The van der Waals surface area contributed by atoms with E-state index in [4.69, 9.17) is 10.5 Å². The predicted octanol–water partition coefficient (Wildman–Crippen LogP) is 1.61. The summed E-state index contributed by atoms with van der Waals surface area (Å²) in [5, 5.41) is 21.2. The van der Waals surface area contributed by atoms with E-state index in [1.54, 1.807) is 31.2 Å². The first-order valence-electron chi connectivity index (χ1n) is 9.28. The van der Waals surface area contributed by atoms with E-state index in [0.29, 0.717) is 5.56 Å². The molecule has 2 atom stereocenters. The molecule has 2 aromatic rings. The Morgan fingerprint density at radius 1 is 1.00 bits per heavy atom. The highest BCUT2D eigenvalue weighted by molar-refractivity contribution is 5.87. The summed E-state index contributed by atoms with van der Waals surface area (Å²) in [5.74, 6) is -1.45. The van der Waals surface area contributed by atoms with Crippen LogP contribution in [0, 0.1) is 0 Å². The van der Waals surface area contributed by atoms with Gasteiger partial charge in [-0.2, -0.15) is 0 Å². The number of amides is 1. The van der Waals surface area contributed by atoms with Gasteiger partial charge in [-0.25, -0.2) is 9.59 Å². The van der Waals surface area contributed by atoms with Crippen LogP contribution in [-0.4, -0.2) is 46.9 Å². The van der Waals surface area contributed by atoms with Gasteiger partial charge in [-0.15, -0.1) is 0 Å². The van der Waals surface area contributed by atoms with Crippen LogP contribution in [0.3, 0.4) is 0 Å². The number of carbonyl (C=O) groups excluding carboxylic acids is 2. The summed E-state index contributed by atoms with van der Waals surface area (Å²) >= 11 is 0. The van der Waals surface area contributed by atoms with Crippen LogP contribution in [0.25, 0.3) is 0 Å². The highest BCUT2D eigenvalue weighted by Crippen LogP contribution is 2.15. The molecule has 0 saturated carbocycles. The Labute approximate surface area is 173 Å². The summed E-state index contributed by atoms with van der Waals surface area (Å²) < 4.78 is 9.62. The lowest BCUT2D eigenvalue weighted by molar-refractivity contribution is -0.141. The monoisotopic (exact) mass is 416 g/mol. The molecule has 1 amide bonds. The standard InChI is InChI=1S/C21H24N2O7/c1-2-29-21(28)30-16-9-5-14(6-10-16)12-18(20(26)27)23-19(25)17(22)11-13-3-7-15(24)8-4-13/h3-10,17-18,24H,2,11-12,22H2,1H3,(H,23,25)(H,26,27). The van der Waals surface area contributed by atoms with Gasteiger partial charge in [0, 0.05) is 6.42 Å². The van der Waals surface area contributed by atoms with Gasteiger partial charge in [0.1, 0.15) is 17.5 Å². The second-order valence-electron chi connectivity index (χ2n) is 6.51. The van der Waals surface area contributed by atoms with E-state index in [-0.39, 0.29) is 30.9 Å². The van der Waals surface area contributed by atoms with E-state index in [1.165, 1.54) is 24.3 Å². The first-order chi connectivity index (χ1) is 14.3.